The molecule has 0 aliphatic heterocycles. The van der Waals surface area contributed by atoms with Gasteiger partial charge in [0.15, 0.2) is 15.6 Å². The van der Waals surface area contributed by atoms with Crippen LogP contribution >= 0.6 is 0 Å². The summed E-state index contributed by atoms with van der Waals surface area (Å²) in [6.07, 6.45) is -0.0308. The molecule has 1 aliphatic rings. The number of aryl methyl sites for hydroxylation is 1. The Hall–Kier alpha value is -1.98. The third-order valence-electron chi connectivity index (χ3n) is 5.31. The van der Waals surface area contributed by atoms with E-state index in [4.69, 9.17) is 0 Å². The molecule has 26 heavy (non-hydrogen) atoms. The zero-order chi connectivity index (χ0) is 18.9. The number of sulfone groups is 1. The molecule has 1 fully saturated rings. The second-order valence-electron chi connectivity index (χ2n) is 7.04. The Morgan fingerprint density at radius 3 is 2.23 bits per heavy atom. The molecule has 4 atom stereocenters. The van der Waals surface area contributed by atoms with E-state index in [1.807, 2.05) is 19.9 Å². The van der Waals surface area contributed by atoms with Gasteiger partial charge in [0.2, 0.25) is 0 Å². The third kappa shape index (κ3) is 3.33. The molecule has 0 aromatic heterocycles. The van der Waals surface area contributed by atoms with Gasteiger partial charge in [-0.2, -0.15) is 0 Å². The van der Waals surface area contributed by atoms with Crippen molar-refractivity contribution in [3.8, 4) is 0 Å². The van der Waals surface area contributed by atoms with Crippen LogP contribution in [0.3, 0.4) is 0 Å². The lowest BCUT2D eigenvalue weighted by Crippen LogP contribution is -2.49. The summed E-state index contributed by atoms with van der Waals surface area (Å²) in [5, 5.41) is 9.45. The third-order valence-corrected chi connectivity index (χ3v) is 7.53. The number of aliphatic hydroxyl groups is 1. The van der Waals surface area contributed by atoms with Crippen molar-refractivity contribution in [1.82, 2.24) is 0 Å². The normalized spacial score (nSPS) is 26.7. The van der Waals surface area contributed by atoms with E-state index < -0.39 is 32.9 Å². The molecule has 0 radical (unpaired) electrons. The molecule has 0 spiro atoms. The maximum Gasteiger partial charge on any atom is 0.188 e. The van der Waals surface area contributed by atoms with Gasteiger partial charge >= 0.3 is 0 Å². The fourth-order valence-electron chi connectivity index (χ4n) is 3.88. The molecule has 1 aliphatic carbocycles. The lowest BCUT2D eigenvalue weighted by atomic mass is 9.74. The van der Waals surface area contributed by atoms with Gasteiger partial charge in [-0.05, 0) is 37.0 Å². The first-order chi connectivity index (χ1) is 12.4. The van der Waals surface area contributed by atoms with E-state index in [9.17, 15) is 18.3 Å². The van der Waals surface area contributed by atoms with Crippen molar-refractivity contribution >= 4 is 15.6 Å². The summed E-state index contributed by atoms with van der Waals surface area (Å²) in [4.78, 5) is 13.4. The van der Waals surface area contributed by atoms with Crippen LogP contribution in [0.15, 0.2) is 59.5 Å². The highest BCUT2D eigenvalue weighted by Crippen LogP contribution is 2.40. The van der Waals surface area contributed by atoms with Gasteiger partial charge in [-0.25, -0.2) is 8.42 Å². The minimum absolute atomic E-state index is 0.170. The number of rotatable bonds is 4. The number of hydrogen-bond acceptors (Lipinski definition) is 4. The molecule has 138 valence electrons. The number of benzene rings is 2. The SMILES string of the molecule is CC[C@@H]1CC(O)[C@H](c2ccccc2)C(=O)[C@H]1S(=O)(=O)c1ccc(C)cc1. The summed E-state index contributed by atoms with van der Waals surface area (Å²) < 4.78 is 26.5. The standard InChI is InChI=1S/C21H24O4S/c1-3-15-13-18(22)19(16-7-5-4-6-8-16)20(23)21(15)26(24,25)17-11-9-14(2)10-12-17/h4-12,15,18-19,21-22H,3,13H2,1-2H3/t15-,18?,19+,21+/m1/s1. The first-order valence-electron chi connectivity index (χ1n) is 8.93. The number of carbonyl (C=O) groups excluding carboxylic acids is 1. The van der Waals surface area contributed by atoms with Crippen molar-refractivity contribution in [3.05, 3.63) is 65.7 Å². The van der Waals surface area contributed by atoms with Gasteiger partial charge in [0.25, 0.3) is 0 Å². The van der Waals surface area contributed by atoms with Gasteiger partial charge in [0, 0.05) is 0 Å². The molecular formula is C21H24O4S. The van der Waals surface area contributed by atoms with E-state index in [0.29, 0.717) is 18.4 Å². The fourth-order valence-corrected chi connectivity index (χ4v) is 5.95. The van der Waals surface area contributed by atoms with Crippen molar-refractivity contribution in [2.45, 2.75) is 48.9 Å². The largest absolute Gasteiger partial charge is 0.392 e. The smallest absolute Gasteiger partial charge is 0.188 e. The van der Waals surface area contributed by atoms with Crippen molar-refractivity contribution in [1.29, 1.82) is 0 Å². The second kappa shape index (κ2) is 7.33. The minimum atomic E-state index is -3.81. The summed E-state index contributed by atoms with van der Waals surface area (Å²) in [6, 6.07) is 15.6. The monoisotopic (exact) mass is 372 g/mol. The highest BCUT2D eigenvalue weighted by Gasteiger charge is 2.49. The molecule has 5 heteroatoms. The van der Waals surface area contributed by atoms with Gasteiger partial charge in [-0.1, -0.05) is 61.4 Å². The number of ketones is 1. The number of hydrogen-bond donors (Lipinski definition) is 1. The molecule has 0 bridgehead atoms. The van der Waals surface area contributed by atoms with E-state index in [2.05, 4.69) is 0 Å². The van der Waals surface area contributed by atoms with Crippen LogP contribution in [0.2, 0.25) is 0 Å². The average Bonchev–Trinajstić information content (AvgIpc) is 2.62. The molecule has 1 N–H and O–H groups in total. The number of Topliss-reactive ketones (excluding diaryl/α,β-unsaturated/α-hetero) is 1. The fraction of sp³-hybridized carbons (Fsp3) is 0.381. The first kappa shape index (κ1) is 18.8. The zero-order valence-electron chi connectivity index (χ0n) is 15.0. The molecule has 3 rings (SSSR count). The molecule has 2 aromatic rings. The zero-order valence-corrected chi connectivity index (χ0v) is 15.8. The van der Waals surface area contributed by atoms with Gasteiger partial charge in [0.1, 0.15) is 5.25 Å². The molecule has 0 amide bonds. The van der Waals surface area contributed by atoms with Crippen LogP contribution in [0.25, 0.3) is 0 Å². The molecular weight excluding hydrogens is 348 g/mol. The average molecular weight is 372 g/mol. The van der Waals surface area contributed by atoms with Gasteiger partial charge in [-0.15, -0.1) is 0 Å². The van der Waals surface area contributed by atoms with E-state index in [0.717, 1.165) is 5.56 Å². The van der Waals surface area contributed by atoms with Crippen molar-refractivity contribution in [2.24, 2.45) is 5.92 Å². The summed E-state index contributed by atoms with van der Waals surface area (Å²) >= 11 is 0. The quantitative estimate of drug-likeness (QED) is 0.894. The van der Waals surface area contributed by atoms with Crippen molar-refractivity contribution in [2.75, 3.05) is 0 Å². The van der Waals surface area contributed by atoms with E-state index in [-0.39, 0.29) is 10.8 Å². The molecule has 1 saturated carbocycles. The first-order valence-corrected chi connectivity index (χ1v) is 10.5. The van der Waals surface area contributed by atoms with E-state index >= 15 is 0 Å². The highest BCUT2D eigenvalue weighted by molar-refractivity contribution is 7.92. The maximum absolute atomic E-state index is 13.3. The lowest BCUT2D eigenvalue weighted by Gasteiger charge is -2.37. The van der Waals surface area contributed by atoms with Crippen LogP contribution in [0, 0.1) is 12.8 Å². The van der Waals surface area contributed by atoms with E-state index in [1.165, 1.54) is 0 Å². The Kier molecular flexibility index (Phi) is 5.30. The van der Waals surface area contributed by atoms with Crippen molar-refractivity contribution in [3.63, 3.8) is 0 Å². The lowest BCUT2D eigenvalue weighted by molar-refractivity contribution is -0.126. The Labute approximate surface area is 154 Å². The molecule has 4 nitrogen and oxygen atoms in total. The minimum Gasteiger partial charge on any atom is -0.392 e. The Morgan fingerprint density at radius 2 is 1.65 bits per heavy atom. The van der Waals surface area contributed by atoms with Crippen LogP contribution in [0.4, 0.5) is 0 Å². The Morgan fingerprint density at radius 1 is 1.04 bits per heavy atom. The summed E-state index contributed by atoms with van der Waals surface area (Å²) in [6.45, 7) is 3.75. The van der Waals surface area contributed by atoms with Crippen molar-refractivity contribution < 1.29 is 18.3 Å². The predicted octanol–water partition coefficient (Wildman–Crippen LogP) is 3.28. The maximum atomic E-state index is 13.3. The van der Waals surface area contributed by atoms with Gasteiger partial charge in [0.05, 0.1) is 16.9 Å². The molecule has 0 saturated heterocycles. The van der Waals surface area contributed by atoms with Crippen LogP contribution in [0.5, 0.6) is 0 Å². The second-order valence-corrected chi connectivity index (χ2v) is 9.11. The van der Waals surface area contributed by atoms with Gasteiger partial charge < -0.3 is 5.11 Å². The van der Waals surface area contributed by atoms with Gasteiger partial charge in [-0.3, -0.25) is 4.79 Å². The summed E-state index contributed by atoms with van der Waals surface area (Å²) in [7, 11) is -3.81. The topological polar surface area (TPSA) is 71.4 Å². The highest BCUT2D eigenvalue weighted by atomic mass is 32.2. The number of aliphatic hydroxyl groups excluding tert-OH is 1. The molecule has 1 unspecified atom stereocenters. The Balaban J connectivity index is 2.05. The number of carbonyl (C=O) groups is 1. The molecule has 0 heterocycles. The summed E-state index contributed by atoms with van der Waals surface area (Å²) in [5.41, 5.74) is 1.63. The van der Waals surface area contributed by atoms with Crippen LogP contribution in [-0.2, 0) is 14.6 Å². The van der Waals surface area contributed by atoms with Crippen LogP contribution in [0.1, 0.15) is 36.8 Å². The van der Waals surface area contributed by atoms with Crippen LogP contribution < -0.4 is 0 Å². The predicted molar refractivity (Wildman–Crippen MR) is 101 cm³/mol. The van der Waals surface area contributed by atoms with Crippen LogP contribution in [-0.4, -0.2) is 30.7 Å². The summed E-state index contributed by atoms with van der Waals surface area (Å²) in [5.74, 6) is -1.59. The molecule has 2 aromatic carbocycles. The Bertz CT molecular complexity index is 872. The van der Waals surface area contributed by atoms with E-state index in [1.54, 1.807) is 48.5 Å².